The average molecular weight is 395 g/mol. The van der Waals surface area contributed by atoms with Crippen LogP contribution < -0.4 is 15.4 Å². The summed E-state index contributed by atoms with van der Waals surface area (Å²) in [6, 6.07) is 16.1. The van der Waals surface area contributed by atoms with E-state index in [2.05, 4.69) is 10.6 Å². The fraction of sp³-hybridized carbons (Fsp3) is 0.150. The molecular weight excluding hydrogens is 378 g/mol. The van der Waals surface area contributed by atoms with Crippen LogP contribution in [0, 0.1) is 10.1 Å². The molecule has 0 fully saturated rings. The number of anilines is 1. The molecule has 2 N–H and O–H groups in total. The topological polar surface area (TPSA) is 93.5 Å². The monoisotopic (exact) mass is 395 g/mol. The van der Waals surface area contributed by atoms with Crippen LogP contribution >= 0.6 is 11.3 Å². The van der Waals surface area contributed by atoms with E-state index >= 15 is 0 Å². The van der Waals surface area contributed by atoms with Gasteiger partial charge in [-0.05, 0) is 24.3 Å². The molecular formula is C20H17N3O4S. The second-order valence-corrected chi connectivity index (χ2v) is 7.26. The molecule has 1 amide bonds. The Hall–Kier alpha value is -3.39. The van der Waals surface area contributed by atoms with Gasteiger partial charge >= 0.3 is 0 Å². The molecule has 1 aliphatic heterocycles. The van der Waals surface area contributed by atoms with Gasteiger partial charge in [0.05, 0.1) is 9.80 Å². The maximum Gasteiger partial charge on any atom is 0.292 e. The van der Waals surface area contributed by atoms with Crippen molar-refractivity contribution in [3.05, 3.63) is 75.2 Å². The van der Waals surface area contributed by atoms with Crippen molar-refractivity contribution in [3.63, 3.8) is 0 Å². The first-order chi connectivity index (χ1) is 13.6. The molecule has 0 unspecified atom stereocenters. The van der Waals surface area contributed by atoms with E-state index in [4.69, 9.17) is 4.74 Å². The summed E-state index contributed by atoms with van der Waals surface area (Å²) >= 11 is 1.45. The highest BCUT2D eigenvalue weighted by Crippen LogP contribution is 2.42. The smallest absolute Gasteiger partial charge is 0.292 e. The molecule has 28 heavy (non-hydrogen) atoms. The number of carbonyl (C=O) groups is 1. The molecule has 2 aromatic carbocycles. The van der Waals surface area contributed by atoms with E-state index in [0.717, 1.165) is 21.8 Å². The zero-order chi connectivity index (χ0) is 19.5. The van der Waals surface area contributed by atoms with Gasteiger partial charge in [0.1, 0.15) is 18.0 Å². The van der Waals surface area contributed by atoms with Crippen LogP contribution in [0.4, 0.5) is 11.4 Å². The molecule has 0 spiro atoms. The Morgan fingerprint density at radius 1 is 1.14 bits per heavy atom. The van der Waals surface area contributed by atoms with Gasteiger partial charge in [-0.15, -0.1) is 11.3 Å². The first-order valence-corrected chi connectivity index (χ1v) is 9.55. The van der Waals surface area contributed by atoms with Crippen LogP contribution in [-0.2, 0) is 6.61 Å². The molecule has 0 aliphatic carbocycles. The van der Waals surface area contributed by atoms with Gasteiger partial charge in [-0.1, -0.05) is 24.3 Å². The minimum atomic E-state index is -0.434. The molecule has 8 heteroatoms. The zero-order valence-electron chi connectivity index (χ0n) is 14.8. The summed E-state index contributed by atoms with van der Waals surface area (Å²) in [6.07, 6.45) is 0. The minimum absolute atomic E-state index is 0.0124. The van der Waals surface area contributed by atoms with Crippen molar-refractivity contribution >= 4 is 28.6 Å². The van der Waals surface area contributed by atoms with E-state index in [1.54, 1.807) is 18.2 Å². The van der Waals surface area contributed by atoms with E-state index in [0.29, 0.717) is 30.3 Å². The average Bonchev–Trinajstić information content (AvgIpc) is 3.16. The van der Waals surface area contributed by atoms with Crippen LogP contribution in [0.25, 0.3) is 10.4 Å². The quantitative estimate of drug-likeness (QED) is 0.373. The molecule has 0 saturated heterocycles. The highest BCUT2D eigenvalue weighted by atomic mass is 32.1. The Morgan fingerprint density at radius 3 is 2.79 bits per heavy atom. The number of rotatable bonds is 6. The largest absolute Gasteiger partial charge is 0.488 e. The number of amides is 1. The van der Waals surface area contributed by atoms with Crippen molar-refractivity contribution in [1.29, 1.82) is 0 Å². The number of ether oxygens (including phenoxy) is 1. The van der Waals surface area contributed by atoms with E-state index < -0.39 is 4.92 Å². The van der Waals surface area contributed by atoms with Crippen LogP contribution in [-0.4, -0.2) is 23.9 Å². The Balaban J connectivity index is 1.37. The van der Waals surface area contributed by atoms with Gasteiger partial charge in [0.15, 0.2) is 0 Å². The SMILES string of the molecule is O=C(NCCNc1ccccc1[N+](=O)[O-])c1cc2c(s1)-c1ccccc1OC2. The van der Waals surface area contributed by atoms with E-state index in [-0.39, 0.29) is 11.6 Å². The van der Waals surface area contributed by atoms with Crippen molar-refractivity contribution in [1.82, 2.24) is 5.32 Å². The summed E-state index contributed by atoms with van der Waals surface area (Å²) in [7, 11) is 0. The number of benzene rings is 2. The second kappa shape index (κ2) is 7.69. The predicted octanol–water partition coefficient (Wildman–Crippen LogP) is 4.06. The van der Waals surface area contributed by atoms with Gasteiger partial charge < -0.3 is 15.4 Å². The maximum atomic E-state index is 12.5. The van der Waals surface area contributed by atoms with Crippen molar-refractivity contribution in [3.8, 4) is 16.2 Å². The number of nitro groups is 1. The van der Waals surface area contributed by atoms with Crippen LogP contribution in [0.15, 0.2) is 54.6 Å². The molecule has 0 saturated carbocycles. The van der Waals surface area contributed by atoms with Crippen LogP contribution in [0.3, 0.4) is 0 Å². The highest BCUT2D eigenvalue weighted by Gasteiger charge is 2.22. The number of nitrogens with one attached hydrogen (secondary N) is 2. The molecule has 0 bridgehead atoms. The summed E-state index contributed by atoms with van der Waals surface area (Å²) < 4.78 is 5.73. The highest BCUT2D eigenvalue weighted by molar-refractivity contribution is 7.17. The second-order valence-electron chi connectivity index (χ2n) is 6.21. The van der Waals surface area contributed by atoms with Crippen LogP contribution in [0.5, 0.6) is 5.75 Å². The van der Waals surface area contributed by atoms with Crippen molar-refractivity contribution in [2.75, 3.05) is 18.4 Å². The molecule has 7 nitrogen and oxygen atoms in total. The van der Waals surface area contributed by atoms with Gasteiger partial charge in [0.25, 0.3) is 11.6 Å². The van der Waals surface area contributed by atoms with E-state index in [1.165, 1.54) is 17.4 Å². The maximum absolute atomic E-state index is 12.5. The Labute approximate surface area is 165 Å². The lowest BCUT2D eigenvalue weighted by Gasteiger charge is -2.16. The molecule has 1 aromatic heterocycles. The molecule has 142 valence electrons. The minimum Gasteiger partial charge on any atom is -0.488 e. The summed E-state index contributed by atoms with van der Waals surface area (Å²) in [6.45, 7) is 1.18. The summed E-state index contributed by atoms with van der Waals surface area (Å²) in [5.41, 5.74) is 2.46. The number of para-hydroxylation sites is 3. The summed E-state index contributed by atoms with van der Waals surface area (Å²) in [4.78, 5) is 24.8. The van der Waals surface area contributed by atoms with Gasteiger partial charge in [0.2, 0.25) is 0 Å². The Kier molecular flexibility index (Phi) is 4.94. The van der Waals surface area contributed by atoms with E-state index in [1.807, 2.05) is 30.3 Å². The third kappa shape index (κ3) is 3.54. The zero-order valence-corrected chi connectivity index (χ0v) is 15.6. The number of nitrogens with zero attached hydrogens (tertiary/aromatic N) is 1. The third-order valence-corrected chi connectivity index (χ3v) is 5.58. The molecule has 0 atom stereocenters. The van der Waals surface area contributed by atoms with E-state index in [9.17, 15) is 14.9 Å². The number of hydrogen-bond donors (Lipinski definition) is 2. The molecule has 1 aliphatic rings. The van der Waals surface area contributed by atoms with Gasteiger partial charge in [-0.3, -0.25) is 14.9 Å². The first-order valence-electron chi connectivity index (χ1n) is 8.74. The number of fused-ring (bicyclic) bond motifs is 3. The lowest BCUT2D eigenvalue weighted by Crippen LogP contribution is -2.28. The van der Waals surface area contributed by atoms with Crippen LogP contribution in [0.2, 0.25) is 0 Å². The fourth-order valence-electron chi connectivity index (χ4n) is 3.05. The van der Waals surface area contributed by atoms with Gasteiger partial charge in [0, 0.05) is 35.2 Å². The normalized spacial score (nSPS) is 11.7. The Bertz CT molecular complexity index is 1050. The van der Waals surface area contributed by atoms with Crippen molar-refractivity contribution in [2.24, 2.45) is 0 Å². The van der Waals surface area contributed by atoms with Crippen molar-refractivity contribution < 1.29 is 14.5 Å². The Morgan fingerprint density at radius 2 is 1.93 bits per heavy atom. The predicted molar refractivity (Wildman–Crippen MR) is 108 cm³/mol. The molecule has 3 aromatic rings. The van der Waals surface area contributed by atoms with Gasteiger partial charge in [-0.2, -0.15) is 0 Å². The number of carbonyl (C=O) groups excluding carboxylic acids is 1. The standard InChI is InChI=1S/C20H17N3O4S/c24-20(22-10-9-21-15-6-2-3-7-16(15)23(25)26)18-11-13-12-27-17-8-4-1-5-14(17)19(13)28-18/h1-8,11,21H,9-10,12H2,(H,22,24). The van der Waals surface area contributed by atoms with Crippen molar-refractivity contribution in [2.45, 2.75) is 6.61 Å². The summed E-state index contributed by atoms with van der Waals surface area (Å²) in [5, 5.41) is 16.9. The summed E-state index contributed by atoms with van der Waals surface area (Å²) in [5.74, 6) is 0.665. The lowest BCUT2D eigenvalue weighted by atomic mass is 10.1. The number of nitro benzene ring substituents is 1. The lowest BCUT2D eigenvalue weighted by molar-refractivity contribution is -0.384. The first kappa shape index (κ1) is 18.0. The molecule has 0 radical (unpaired) electrons. The fourth-order valence-corrected chi connectivity index (χ4v) is 4.17. The van der Waals surface area contributed by atoms with Gasteiger partial charge in [-0.25, -0.2) is 0 Å². The number of thiophene rings is 1. The molecule has 2 heterocycles. The van der Waals surface area contributed by atoms with Crippen LogP contribution in [0.1, 0.15) is 15.2 Å². The molecule has 4 rings (SSSR count). The third-order valence-electron chi connectivity index (χ3n) is 4.37. The number of hydrogen-bond acceptors (Lipinski definition) is 6.